The maximum Gasteiger partial charge on any atom is 0.158 e. The van der Waals surface area contributed by atoms with Crippen molar-refractivity contribution in [1.82, 2.24) is 0 Å². The third kappa shape index (κ3) is 2.16. The molecular formula is C11H16OS. The lowest BCUT2D eigenvalue weighted by atomic mass is 9.86. The van der Waals surface area contributed by atoms with Gasteiger partial charge in [-0.25, -0.2) is 0 Å². The molecule has 1 unspecified atom stereocenters. The minimum absolute atomic E-state index is 0.429. The fourth-order valence-corrected chi connectivity index (χ4v) is 3.33. The molecule has 1 heterocycles. The van der Waals surface area contributed by atoms with Gasteiger partial charge in [0.25, 0.3) is 0 Å². The Bertz CT molecular complexity index is 226. The molecule has 72 valence electrons. The van der Waals surface area contributed by atoms with Crippen LogP contribution < -0.4 is 0 Å². The molecule has 0 aromatic heterocycles. The first kappa shape index (κ1) is 9.32. The zero-order chi connectivity index (χ0) is 9.10. The second-order valence-electron chi connectivity index (χ2n) is 3.89. The topological polar surface area (TPSA) is 17.1 Å². The van der Waals surface area contributed by atoms with E-state index in [1.54, 1.807) is 0 Å². The lowest BCUT2D eigenvalue weighted by Crippen LogP contribution is -2.20. The molecule has 13 heavy (non-hydrogen) atoms. The van der Waals surface area contributed by atoms with Crippen LogP contribution in [0.25, 0.3) is 0 Å². The van der Waals surface area contributed by atoms with Crippen molar-refractivity contribution in [3.8, 4) is 0 Å². The molecule has 2 aliphatic rings. The number of rotatable bonds is 1. The fraction of sp³-hybridized carbons (Fsp3) is 0.727. The number of allylic oxidation sites excluding steroid dienone is 2. The van der Waals surface area contributed by atoms with Gasteiger partial charge in [-0.2, -0.15) is 11.8 Å². The zero-order valence-electron chi connectivity index (χ0n) is 7.92. The van der Waals surface area contributed by atoms with E-state index in [1.165, 1.54) is 29.9 Å². The highest BCUT2D eigenvalue weighted by Crippen LogP contribution is 2.31. The summed E-state index contributed by atoms with van der Waals surface area (Å²) in [5.74, 6) is 3.49. The van der Waals surface area contributed by atoms with Crippen molar-refractivity contribution in [1.29, 1.82) is 0 Å². The van der Waals surface area contributed by atoms with E-state index in [1.807, 2.05) is 11.8 Å². The van der Waals surface area contributed by atoms with E-state index in [0.717, 1.165) is 19.3 Å². The van der Waals surface area contributed by atoms with Crippen LogP contribution in [-0.2, 0) is 4.79 Å². The van der Waals surface area contributed by atoms with Gasteiger partial charge in [-0.3, -0.25) is 4.79 Å². The molecule has 1 nitrogen and oxygen atoms in total. The van der Waals surface area contributed by atoms with E-state index in [4.69, 9.17) is 0 Å². The molecular weight excluding hydrogens is 180 g/mol. The van der Waals surface area contributed by atoms with Crippen LogP contribution in [0.3, 0.4) is 0 Å². The quantitative estimate of drug-likeness (QED) is 0.641. The zero-order valence-corrected chi connectivity index (χ0v) is 8.74. The highest BCUT2D eigenvalue weighted by atomic mass is 32.2. The third-order valence-corrected chi connectivity index (χ3v) is 4.11. The summed E-state index contributed by atoms with van der Waals surface area (Å²) >= 11 is 2.01. The molecule has 1 atom stereocenters. The smallest absolute Gasteiger partial charge is 0.158 e. The molecule has 1 fully saturated rings. The van der Waals surface area contributed by atoms with E-state index >= 15 is 0 Å². The number of hydrogen-bond donors (Lipinski definition) is 0. The van der Waals surface area contributed by atoms with Gasteiger partial charge in [0.1, 0.15) is 0 Å². The highest BCUT2D eigenvalue weighted by Gasteiger charge is 2.24. The van der Waals surface area contributed by atoms with Crippen LogP contribution in [0.1, 0.15) is 32.1 Å². The molecule has 1 saturated heterocycles. The average molecular weight is 196 g/mol. The molecule has 0 saturated carbocycles. The minimum Gasteiger partial charge on any atom is -0.295 e. The van der Waals surface area contributed by atoms with Gasteiger partial charge in [0.05, 0.1) is 0 Å². The van der Waals surface area contributed by atoms with Gasteiger partial charge < -0.3 is 0 Å². The van der Waals surface area contributed by atoms with Crippen molar-refractivity contribution in [3.63, 3.8) is 0 Å². The fourth-order valence-electron chi connectivity index (χ4n) is 2.16. The summed E-state index contributed by atoms with van der Waals surface area (Å²) in [6, 6.07) is 0. The van der Waals surface area contributed by atoms with Gasteiger partial charge >= 0.3 is 0 Å². The molecule has 0 amide bonds. The van der Waals surface area contributed by atoms with E-state index in [0.29, 0.717) is 11.7 Å². The Hall–Kier alpha value is -0.240. The molecule has 0 aromatic carbocycles. The number of thioether (sulfide) groups is 1. The predicted octanol–water partition coefficient (Wildman–Crippen LogP) is 2.81. The Morgan fingerprint density at radius 3 is 3.00 bits per heavy atom. The Balaban J connectivity index is 2.04. The van der Waals surface area contributed by atoms with Crippen LogP contribution in [0.4, 0.5) is 0 Å². The summed E-state index contributed by atoms with van der Waals surface area (Å²) in [4.78, 5) is 11.6. The lowest BCUT2D eigenvalue weighted by Gasteiger charge is -2.25. The first-order valence-electron chi connectivity index (χ1n) is 5.19. The van der Waals surface area contributed by atoms with Gasteiger partial charge in [-0.15, -0.1) is 0 Å². The highest BCUT2D eigenvalue weighted by molar-refractivity contribution is 7.99. The molecule has 0 aromatic rings. The van der Waals surface area contributed by atoms with Crippen molar-refractivity contribution in [2.24, 2.45) is 5.92 Å². The molecule has 0 spiro atoms. The number of carbonyl (C=O) groups excluding carboxylic acids is 1. The van der Waals surface area contributed by atoms with Crippen LogP contribution in [0.5, 0.6) is 0 Å². The second-order valence-corrected chi connectivity index (χ2v) is 5.04. The van der Waals surface area contributed by atoms with Gasteiger partial charge in [-0.05, 0) is 42.9 Å². The van der Waals surface area contributed by atoms with Crippen molar-refractivity contribution in [2.75, 3.05) is 11.5 Å². The summed E-state index contributed by atoms with van der Waals surface area (Å²) in [6.07, 6.45) is 7.73. The van der Waals surface area contributed by atoms with E-state index in [2.05, 4.69) is 6.08 Å². The first-order chi connectivity index (χ1) is 6.38. The summed E-state index contributed by atoms with van der Waals surface area (Å²) in [7, 11) is 0. The number of Topliss-reactive ketones (excluding diaryl/α,β-unsaturated/α-hetero) is 1. The Kier molecular flexibility index (Phi) is 3.09. The summed E-state index contributed by atoms with van der Waals surface area (Å²) in [5, 5.41) is 0. The van der Waals surface area contributed by atoms with Gasteiger partial charge in [0.15, 0.2) is 5.78 Å². The van der Waals surface area contributed by atoms with Crippen molar-refractivity contribution in [2.45, 2.75) is 32.1 Å². The largest absolute Gasteiger partial charge is 0.295 e. The maximum atomic E-state index is 11.6. The Morgan fingerprint density at radius 2 is 2.31 bits per heavy atom. The Labute approximate surface area is 84.0 Å². The number of ketones is 1. The SMILES string of the molecule is O=C1CCCC=C1C1CCCSC1. The van der Waals surface area contributed by atoms with E-state index < -0.39 is 0 Å². The molecule has 1 aliphatic carbocycles. The van der Waals surface area contributed by atoms with Crippen LogP contribution in [-0.4, -0.2) is 17.3 Å². The van der Waals surface area contributed by atoms with Crippen molar-refractivity contribution < 1.29 is 4.79 Å². The summed E-state index contributed by atoms with van der Waals surface area (Å²) in [6.45, 7) is 0. The number of carbonyl (C=O) groups is 1. The minimum atomic E-state index is 0.429. The van der Waals surface area contributed by atoms with E-state index in [9.17, 15) is 4.79 Å². The molecule has 0 N–H and O–H groups in total. The van der Waals surface area contributed by atoms with Crippen molar-refractivity contribution in [3.05, 3.63) is 11.6 Å². The molecule has 2 rings (SSSR count). The standard InChI is InChI=1S/C11H16OS/c12-11-6-2-1-5-10(11)9-4-3-7-13-8-9/h5,9H,1-4,6-8H2. The average Bonchev–Trinajstić information content (AvgIpc) is 2.20. The van der Waals surface area contributed by atoms with E-state index in [-0.39, 0.29) is 0 Å². The summed E-state index contributed by atoms with van der Waals surface area (Å²) < 4.78 is 0. The maximum absolute atomic E-state index is 11.6. The second kappa shape index (κ2) is 4.32. The van der Waals surface area contributed by atoms with Gasteiger partial charge in [0.2, 0.25) is 0 Å². The van der Waals surface area contributed by atoms with Crippen LogP contribution in [0.2, 0.25) is 0 Å². The first-order valence-corrected chi connectivity index (χ1v) is 6.34. The normalized spacial score (nSPS) is 30.0. The molecule has 0 bridgehead atoms. The van der Waals surface area contributed by atoms with Crippen LogP contribution in [0.15, 0.2) is 11.6 Å². The summed E-state index contributed by atoms with van der Waals surface area (Å²) in [5.41, 5.74) is 1.17. The van der Waals surface area contributed by atoms with Crippen LogP contribution >= 0.6 is 11.8 Å². The van der Waals surface area contributed by atoms with Crippen molar-refractivity contribution >= 4 is 17.5 Å². The number of hydrogen-bond acceptors (Lipinski definition) is 2. The lowest BCUT2D eigenvalue weighted by molar-refractivity contribution is -0.116. The van der Waals surface area contributed by atoms with Gasteiger partial charge in [-0.1, -0.05) is 6.08 Å². The van der Waals surface area contributed by atoms with Crippen LogP contribution in [0, 0.1) is 5.92 Å². The van der Waals surface area contributed by atoms with Gasteiger partial charge in [0, 0.05) is 12.2 Å². The molecule has 2 heteroatoms. The molecule has 0 radical (unpaired) electrons. The monoisotopic (exact) mass is 196 g/mol. The predicted molar refractivity (Wildman–Crippen MR) is 57.0 cm³/mol. The molecule has 1 aliphatic heterocycles. The third-order valence-electron chi connectivity index (χ3n) is 2.89. The Morgan fingerprint density at radius 1 is 1.38 bits per heavy atom.